The molecule has 0 spiro atoms. The standard InChI is InChI=1S/C13H19N3O3S/c17-12-10-20(18,19)9-11(12)15-5-7-16(8-6-15)13-3-1-2-4-14-13/h1-4,11-12,17H,5-10H2/t11-,12+/m0/s1. The van der Waals surface area contributed by atoms with Gasteiger partial charge < -0.3 is 10.0 Å². The molecule has 1 aromatic rings. The highest BCUT2D eigenvalue weighted by Gasteiger charge is 2.40. The van der Waals surface area contributed by atoms with Gasteiger partial charge in [0.25, 0.3) is 0 Å². The second-order valence-electron chi connectivity index (χ2n) is 5.42. The zero-order chi connectivity index (χ0) is 14.2. The van der Waals surface area contributed by atoms with Crippen LogP contribution >= 0.6 is 0 Å². The molecule has 3 heterocycles. The van der Waals surface area contributed by atoms with E-state index in [-0.39, 0.29) is 17.5 Å². The van der Waals surface area contributed by atoms with Crippen molar-refractivity contribution in [3.05, 3.63) is 24.4 Å². The molecule has 2 saturated heterocycles. The van der Waals surface area contributed by atoms with Gasteiger partial charge in [0.2, 0.25) is 0 Å². The molecule has 0 radical (unpaired) electrons. The highest BCUT2D eigenvalue weighted by atomic mass is 32.2. The summed E-state index contributed by atoms with van der Waals surface area (Å²) < 4.78 is 23.1. The molecule has 2 atom stereocenters. The van der Waals surface area contributed by atoms with E-state index >= 15 is 0 Å². The molecule has 1 N–H and O–H groups in total. The van der Waals surface area contributed by atoms with Gasteiger partial charge in [-0.1, -0.05) is 6.07 Å². The van der Waals surface area contributed by atoms with Crippen LogP contribution in [-0.4, -0.2) is 73.2 Å². The normalized spacial score (nSPS) is 30.6. The van der Waals surface area contributed by atoms with Gasteiger partial charge in [-0.15, -0.1) is 0 Å². The van der Waals surface area contributed by atoms with Gasteiger partial charge in [0.05, 0.1) is 23.7 Å². The van der Waals surface area contributed by atoms with Crippen LogP contribution in [0.25, 0.3) is 0 Å². The molecule has 2 aliphatic heterocycles. The Morgan fingerprint density at radius 2 is 1.90 bits per heavy atom. The summed E-state index contributed by atoms with van der Waals surface area (Å²) in [6.07, 6.45) is 1.02. The van der Waals surface area contributed by atoms with Gasteiger partial charge >= 0.3 is 0 Å². The van der Waals surface area contributed by atoms with Crippen LogP contribution in [-0.2, 0) is 9.84 Å². The van der Waals surface area contributed by atoms with Gasteiger partial charge in [-0.3, -0.25) is 4.90 Å². The smallest absolute Gasteiger partial charge is 0.154 e. The Morgan fingerprint density at radius 3 is 2.45 bits per heavy atom. The number of aliphatic hydroxyl groups excluding tert-OH is 1. The maximum atomic E-state index is 11.6. The first kappa shape index (κ1) is 13.8. The molecule has 0 amide bonds. The molecule has 0 aliphatic carbocycles. The third kappa shape index (κ3) is 2.79. The summed E-state index contributed by atoms with van der Waals surface area (Å²) in [4.78, 5) is 8.60. The summed E-state index contributed by atoms with van der Waals surface area (Å²) in [7, 11) is -3.08. The molecule has 2 fully saturated rings. The molecule has 3 rings (SSSR count). The molecule has 0 aromatic carbocycles. The fourth-order valence-corrected chi connectivity index (χ4v) is 4.81. The molecule has 7 heteroatoms. The van der Waals surface area contributed by atoms with Crippen molar-refractivity contribution in [2.45, 2.75) is 12.1 Å². The van der Waals surface area contributed by atoms with Crippen LogP contribution in [0.1, 0.15) is 0 Å². The van der Waals surface area contributed by atoms with Gasteiger partial charge in [-0.25, -0.2) is 13.4 Å². The summed E-state index contributed by atoms with van der Waals surface area (Å²) in [5, 5.41) is 9.91. The highest BCUT2D eigenvalue weighted by molar-refractivity contribution is 7.91. The van der Waals surface area contributed by atoms with Gasteiger partial charge in [-0.2, -0.15) is 0 Å². The van der Waals surface area contributed by atoms with E-state index in [1.165, 1.54) is 0 Å². The topological polar surface area (TPSA) is 73.7 Å². The third-order valence-electron chi connectivity index (χ3n) is 4.05. The molecule has 0 saturated carbocycles. The van der Waals surface area contributed by atoms with Crippen LogP contribution in [0, 0.1) is 0 Å². The Labute approximate surface area is 118 Å². The fraction of sp³-hybridized carbons (Fsp3) is 0.615. The van der Waals surface area contributed by atoms with E-state index in [4.69, 9.17) is 0 Å². The Hall–Kier alpha value is -1.18. The third-order valence-corrected chi connectivity index (χ3v) is 5.75. The summed E-state index contributed by atoms with van der Waals surface area (Å²) in [5.41, 5.74) is 0. The fourth-order valence-electron chi connectivity index (χ4n) is 2.98. The Kier molecular flexibility index (Phi) is 3.66. The molecule has 2 aliphatic rings. The number of piperazine rings is 1. The van der Waals surface area contributed by atoms with E-state index in [2.05, 4.69) is 14.8 Å². The monoisotopic (exact) mass is 297 g/mol. The maximum Gasteiger partial charge on any atom is 0.154 e. The van der Waals surface area contributed by atoms with Crippen LogP contribution in [0.4, 0.5) is 5.82 Å². The zero-order valence-electron chi connectivity index (χ0n) is 11.2. The van der Waals surface area contributed by atoms with Crippen molar-refractivity contribution in [2.24, 2.45) is 0 Å². The molecule has 0 unspecified atom stereocenters. The van der Waals surface area contributed by atoms with Gasteiger partial charge in [0.15, 0.2) is 9.84 Å². The molecular weight excluding hydrogens is 278 g/mol. The zero-order valence-corrected chi connectivity index (χ0v) is 12.0. The molecule has 20 heavy (non-hydrogen) atoms. The van der Waals surface area contributed by atoms with Crippen molar-refractivity contribution in [1.82, 2.24) is 9.88 Å². The maximum absolute atomic E-state index is 11.6. The number of pyridine rings is 1. The molecule has 1 aromatic heterocycles. The van der Waals surface area contributed by atoms with Crippen LogP contribution in [0.2, 0.25) is 0 Å². The summed E-state index contributed by atoms with van der Waals surface area (Å²) in [5.74, 6) is 0.933. The number of hydrogen-bond donors (Lipinski definition) is 1. The Balaban J connectivity index is 1.62. The SMILES string of the molecule is O=S1(=O)C[C@@H](O)[C@@H](N2CCN(c3ccccn3)CC2)C1. The number of nitrogens with zero attached hydrogens (tertiary/aromatic N) is 3. The van der Waals surface area contributed by atoms with Gasteiger partial charge in [0.1, 0.15) is 5.82 Å². The first-order valence-electron chi connectivity index (χ1n) is 6.84. The molecule has 110 valence electrons. The largest absolute Gasteiger partial charge is 0.390 e. The lowest BCUT2D eigenvalue weighted by molar-refractivity contribution is 0.0792. The first-order valence-corrected chi connectivity index (χ1v) is 8.66. The summed E-state index contributed by atoms with van der Waals surface area (Å²) >= 11 is 0. The van der Waals surface area contributed by atoms with Crippen molar-refractivity contribution in [1.29, 1.82) is 0 Å². The van der Waals surface area contributed by atoms with E-state index in [0.717, 1.165) is 32.0 Å². The highest BCUT2D eigenvalue weighted by Crippen LogP contribution is 2.21. The van der Waals surface area contributed by atoms with Crippen molar-refractivity contribution >= 4 is 15.7 Å². The number of rotatable bonds is 2. The number of anilines is 1. The molecule has 0 bridgehead atoms. The number of aliphatic hydroxyl groups is 1. The lowest BCUT2D eigenvalue weighted by atomic mass is 10.1. The van der Waals surface area contributed by atoms with Crippen LogP contribution in [0.5, 0.6) is 0 Å². The average molecular weight is 297 g/mol. The minimum Gasteiger partial charge on any atom is -0.390 e. The summed E-state index contributed by atoms with van der Waals surface area (Å²) in [6, 6.07) is 5.58. The molecular formula is C13H19N3O3S. The predicted octanol–water partition coefficient (Wildman–Crippen LogP) is -0.638. The van der Waals surface area contributed by atoms with Gasteiger partial charge in [0, 0.05) is 32.4 Å². The van der Waals surface area contributed by atoms with Crippen molar-refractivity contribution < 1.29 is 13.5 Å². The lowest BCUT2D eigenvalue weighted by Gasteiger charge is -2.39. The van der Waals surface area contributed by atoms with Crippen molar-refractivity contribution in [3.63, 3.8) is 0 Å². The van der Waals surface area contributed by atoms with E-state index in [1.54, 1.807) is 6.20 Å². The second-order valence-corrected chi connectivity index (χ2v) is 7.58. The Morgan fingerprint density at radius 1 is 1.15 bits per heavy atom. The predicted molar refractivity (Wildman–Crippen MR) is 76.5 cm³/mol. The number of sulfone groups is 1. The molecule has 6 nitrogen and oxygen atoms in total. The number of aromatic nitrogens is 1. The Bertz CT molecular complexity index is 555. The summed E-state index contributed by atoms with van der Waals surface area (Å²) in [6.45, 7) is 3.13. The average Bonchev–Trinajstić information content (AvgIpc) is 2.73. The van der Waals surface area contributed by atoms with E-state index < -0.39 is 15.9 Å². The van der Waals surface area contributed by atoms with Gasteiger partial charge in [-0.05, 0) is 12.1 Å². The first-order chi connectivity index (χ1) is 9.55. The van der Waals surface area contributed by atoms with E-state index in [9.17, 15) is 13.5 Å². The minimum atomic E-state index is -3.08. The minimum absolute atomic E-state index is 0.0811. The number of hydrogen-bond acceptors (Lipinski definition) is 6. The quantitative estimate of drug-likeness (QED) is 0.783. The van der Waals surface area contributed by atoms with E-state index in [1.807, 2.05) is 18.2 Å². The lowest BCUT2D eigenvalue weighted by Crippen LogP contribution is -2.53. The van der Waals surface area contributed by atoms with Crippen LogP contribution in [0.15, 0.2) is 24.4 Å². The van der Waals surface area contributed by atoms with E-state index in [0.29, 0.717) is 0 Å². The van der Waals surface area contributed by atoms with Crippen LogP contribution in [0.3, 0.4) is 0 Å². The van der Waals surface area contributed by atoms with Crippen molar-refractivity contribution in [3.8, 4) is 0 Å². The second kappa shape index (κ2) is 5.31. The van der Waals surface area contributed by atoms with Crippen LogP contribution < -0.4 is 4.90 Å². The van der Waals surface area contributed by atoms with Crippen molar-refractivity contribution in [2.75, 3.05) is 42.6 Å².